The average Bonchev–Trinajstić information content (AvgIpc) is 2.98. The molecule has 1 rings (SSSR count). The van der Waals surface area contributed by atoms with Crippen molar-refractivity contribution in [3.63, 3.8) is 0 Å². The summed E-state index contributed by atoms with van der Waals surface area (Å²) in [5.74, 6) is 1.47. The molecule has 2 heteroatoms. The third kappa shape index (κ3) is 5.39. The lowest BCUT2D eigenvalue weighted by molar-refractivity contribution is 0.101. The molecule has 1 aliphatic carbocycles. The Morgan fingerprint density at radius 1 is 1.06 bits per heavy atom. The lowest BCUT2D eigenvalue weighted by Crippen LogP contribution is -2.50. The molecule has 2 nitrogen and oxygen atoms in total. The van der Waals surface area contributed by atoms with Crippen molar-refractivity contribution in [3.8, 4) is 0 Å². The summed E-state index contributed by atoms with van der Waals surface area (Å²) in [4.78, 5) is 2.69. The van der Waals surface area contributed by atoms with Crippen LogP contribution >= 0.6 is 0 Å². The molecular formula is C15H32N2. The minimum absolute atomic E-state index is 0.644. The Morgan fingerprint density at radius 2 is 1.65 bits per heavy atom. The van der Waals surface area contributed by atoms with Gasteiger partial charge in [0.1, 0.15) is 0 Å². The van der Waals surface area contributed by atoms with Gasteiger partial charge in [-0.15, -0.1) is 0 Å². The van der Waals surface area contributed by atoms with Gasteiger partial charge in [0.2, 0.25) is 0 Å². The molecule has 0 aromatic carbocycles. The molecule has 1 aliphatic rings. The first-order chi connectivity index (χ1) is 7.91. The second kappa shape index (κ2) is 6.75. The van der Waals surface area contributed by atoms with E-state index in [1.165, 1.54) is 19.4 Å². The molecule has 0 aromatic heterocycles. The number of nitrogens with one attached hydrogen (secondary N) is 1. The molecule has 1 fully saturated rings. The van der Waals surface area contributed by atoms with E-state index >= 15 is 0 Å². The van der Waals surface area contributed by atoms with Crippen molar-refractivity contribution in [3.05, 3.63) is 0 Å². The van der Waals surface area contributed by atoms with E-state index in [9.17, 15) is 0 Å². The molecule has 0 amide bonds. The molecule has 0 radical (unpaired) electrons. The van der Waals surface area contributed by atoms with Crippen LogP contribution in [0.5, 0.6) is 0 Å². The van der Waals surface area contributed by atoms with Gasteiger partial charge in [0.25, 0.3) is 0 Å². The molecule has 17 heavy (non-hydrogen) atoms. The average molecular weight is 240 g/mol. The van der Waals surface area contributed by atoms with Gasteiger partial charge in [-0.25, -0.2) is 0 Å². The SMILES string of the molecule is CC(C)CN(C(C)C)C(CNC1CC1)C(C)C. The van der Waals surface area contributed by atoms with E-state index < -0.39 is 0 Å². The monoisotopic (exact) mass is 240 g/mol. The predicted molar refractivity (Wildman–Crippen MR) is 76.3 cm³/mol. The summed E-state index contributed by atoms with van der Waals surface area (Å²) in [6.45, 7) is 16.4. The lowest BCUT2D eigenvalue weighted by atomic mass is 9.99. The molecule has 0 spiro atoms. The lowest BCUT2D eigenvalue weighted by Gasteiger charge is -2.39. The fourth-order valence-electron chi connectivity index (χ4n) is 2.46. The Morgan fingerprint density at radius 3 is 2.00 bits per heavy atom. The van der Waals surface area contributed by atoms with Crippen LogP contribution < -0.4 is 5.32 Å². The molecule has 0 bridgehead atoms. The van der Waals surface area contributed by atoms with Gasteiger partial charge in [0.15, 0.2) is 0 Å². The van der Waals surface area contributed by atoms with Crippen LogP contribution in [0.4, 0.5) is 0 Å². The Labute approximate surface area is 108 Å². The van der Waals surface area contributed by atoms with Crippen molar-refractivity contribution in [1.29, 1.82) is 0 Å². The van der Waals surface area contributed by atoms with Crippen molar-refractivity contribution >= 4 is 0 Å². The molecule has 0 aliphatic heterocycles. The Kier molecular flexibility index (Phi) is 5.94. The predicted octanol–water partition coefficient (Wildman–Crippen LogP) is 3.13. The van der Waals surface area contributed by atoms with Crippen molar-refractivity contribution in [2.24, 2.45) is 11.8 Å². The summed E-state index contributed by atoms with van der Waals surface area (Å²) >= 11 is 0. The van der Waals surface area contributed by atoms with Gasteiger partial charge in [0.05, 0.1) is 0 Å². The van der Waals surface area contributed by atoms with Crippen molar-refractivity contribution < 1.29 is 0 Å². The van der Waals surface area contributed by atoms with Gasteiger partial charge >= 0.3 is 0 Å². The van der Waals surface area contributed by atoms with Gasteiger partial charge in [-0.1, -0.05) is 27.7 Å². The van der Waals surface area contributed by atoms with Crippen LogP contribution in [0, 0.1) is 11.8 Å². The van der Waals surface area contributed by atoms with Crippen LogP contribution in [0.3, 0.4) is 0 Å². The van der Waals surface area contributed by atoms with Crippen LogP contribution in [0.1, 0.15) is 54.4 Å². The van der Waals surface area contributed by atoms with E-state index in [1.54, 1.807) is 0 Å². The summed E-state index contributed by atoms with van der Waals surface area (Å²) in [6.07, 6.45) is 2.77. The zero-order valence-corrected chi connectivity index (χ0v) is 12.7. The first kappa shape index (κ1) is 15.0. The summed E-state index contributed by atoms with van der Waals surface area (Å²) in [6, 6.07) is 2.15. The van der Waals surface area contributed by atoms with Gasteiger partial charge < -0.3 is 5.32 Å². The molecule has 1 saturated carbocycles. The minimum atomic E-state index is 0.644. The van der Waals surface area contributed by atoms with Gasteiger partial charge in [0, 0.05) is 31.2 Å². The Balaban J connectivity index is 2.54. The van der Waals surface area contributed by atoms with Gasteiger partial charge in [-0.2, -0.15) is 0 Å². The maximum atomic E-state index is 3.70. The summed E-state index contributed by atoms with van der Waals surface area (Å²) in [5, 5.41) is 3.70. The normalized spacial score (nSPS) is 18.7. The van der Waals surface area contributed by atoms with Crippen LogP contribution in [-0.4, -0.2) is 36.1 Å². The van der Waals surface area contributed by atoms with Crippen LogP contribution in [0.15, 0.2) is 0 Å². The van der Waals surface area contributed by atoms with E-state index in [4.69, 9.17) is 0 Å². The van der Waals surface area contributed by atoms with E-state index in [1.807, 2.05) is 0 Å². The smallest absolute Gasteiger partial charge is 0.0246 e. The van der Waals surface area contributed by atoms with Crippen molar-refractivity contribution in [1.82, 2.24) is 10.2 Å². The Bertz CT molecular complexity index is 207. The number of hydrogen-bond donors (Lipinski definition) is 1. The highest BCUT2D eigenvalue weighted by atomic mass is 15.2. The van der Waals surface area contributed by atoms with Crippen molar-refractivity contribution in [2.45, 2.75) is 72.5 Å². The topological polar surface area (TPSA) is 15.3 Å². The van der Waals surface area contributed by atoms with E-state index in [0.717, 1.165) is 24.4 Å². The highest BCUT2D eigenvalue weighted by Crippen LogP contribution is 2.21. The zero-order chi connectivity index (χ0) is 13.0. The van der Waals surface area contributed by atoms with E-state index in [0.29, 0.717) is 12.1 Å². The van der Waals surface area contributed by atoms with Crippen LogP contribution in [0.25, 0.3) is 0 Å². The molecule has 1 N–H and O–H groups in total. The number of rotatable bonds is 8. The highest BCUT2D eigenvalue weighted by molar-refractivity contribution is 4.86. The largest absolute Gasteiger partial charge is 0.312 e. The first-order valence-corrected chi connectivity index (χ1v) is 7.41. The summed E-state index contributed by atoms with van der Waals surface area (Å²) < 4.78 is 0. The van der Waals surface area contributed by atoms with Gasteiger partial charge in [-0.3, -0.25) is 4.90 Å². The number of hydrogen-bond acceptors (Lipinski definition) is 2. The number of nitrogens with zero attached hydrogens (tertiary/aromatic N) is 1. The highest BCUT2D eigenvalue weighted by Gasteiger charge is 2.27. The van der Waals surface area contributed by atoms with Crippen LogP contribution in [-0.2, 0) is 0 Å². The second-order valence-corrected chi connectivity index (χ2v) is 6.68. The van der Waals surface area contributed by atoms with Crippen LogP contribution in [0.2, 0.25) is 0 Å². The molecule has 102 valence electrons. The Hall–Kier alpha value is -0.0800. The maximum absolute atomic E-state index is 3.70. The standard InChI is InChI=1S/C15H32N2/c1-11(2)10-17(13(5)6)15(12(3)4)9-16-14-7-8-14/h11-16H,7-10H2,1-6H3. The fraction of sp³-hybridized carbons (Fsp3) is 1.00. The molecule has 0 heterocycles. The zero-order valence-electron chi connectivity index (χ0n) is 12.7. The minimum Gasteiger partial charge on any atom is -0.312 e. The van der Waals surface area contributed by atoms with Crippen molar-refractivity contribution in [2.75, 3.05) is 13.1 Å². The van der Waals surface area contributed by atoms with E-state index in [-0.39, 0.29) is 0 Å². The van der Waals surface area contributed by atoms with Gasteiger partial charge in [-0.05, 0) is 38.5 Å². The molecule has 1 atom stereocenters. The second-order valence-electron chi connectivity index (χ2n) is 6.68. The fourth-order valence-corrected chi connectivity index (χ4v) is 2.46. The molecule has 0 aromatic rings. The summed E-state index contributed by atoms with van der Waals surface area (Å²) in [5.41, 5.74) is 0. The third-order valence-electron chi connectivity index (χ3n) is 3.63. The molecule has 0 saturated heterocycles. The third-order valence-corrected chi connectivity index (χ3v) is 3.63. The maximum Gasteiger partial charge on any atom is 0.0246 e. The van der Waals surface area contributed by atoms with E-state index in [2.05, 4.69) is 51.8 Å². The first-order valence-electron chi connectivity index (χ1n) is 7.41. The quantitative estimate of drug-likeness (QED) is 0.701. The summed E-state index contributed by atoms with van der Waals surface area (Å²) in [7, 11) is 0. The molecular weight excluding hydrogens is 208 g/mol. The molecule has 1 unspecified atom stereocenters.